The molecule has 0 spiro atoms. The van der Waals surface area contributed by atoms with Crippen molar-refractivity contribution in [2.24, 2.45) is 5.92 Å². The Labute approximate surface area is 100 Å². The monoisotopic (exact) mass is 234 g/mol. The van der Waals surface area contributed by atoms with Crippen molar-refractivity contribution in [3.63, 3.8) is 0 Å². The van der Waals surface area contributed by atoms with E-state index >= 15 is 0 Å². The van der Waals surface area contributed by atoms with Gasteiger partial charge in [0, 0.05) is 20.6 Å². The summed E-state index contributed by atoms with van der Waals surface area (Å²) in [5.41, 5.74) is 1.57. The van der Waals surface area contributed by atoms with E-state index in [4.69, 9.17) is 0 Å². The van der Waals surface area contributed by atoms with Gasteiger partial charge in [-0.3, -0.25) is 0 Å². The summed E-state index contributed by atoms with van der Waals surface area (Å²) >= 11 is 0. The van der Waals surface area contributed by atoms with Crippen molar-refractivity contribution in [1.82, 2.24) is 19.9 Å². The molecule has 2 heterocycles. The highest BCUT2D eigenvalue weighted by atomic mass is 15.2. The van der Waals surface area contributed by atoms with Gasteiger partial charge in [0.25, 0.3) is 0 Å². The molecule has 0 unspecified atom stereocenters. The second kappa shape index (κ2) is 4.57. The topological polar surface area (TPSA) is 69.7 Å². The second-order valence-corrected chi connectivity index (χ2v) is 4.50. The van der Waals surface area contributed by atoms with E-state index in [-0.39, 0.29) is 0 Å². The zero-order chi connectivity index (χ0) is 12.4. The third-order valence-corrected chi connectivity index (χ3v) is 2.49. The van der Waals surface area contributed by atoms with E-state index in [0.717, 1.165) is 17.9 Å². The zero-order valence-corrected chi connectivity index (χ0v) is 10.7. The van der Waals surface area contributed by atoms with Gasteiger partial charge < -0.3 is 15.2 Å². The van der Waals surface area contributed by atoms with E-state index in [0.29, 0.717) is 17.5 Å². The molecule has 0 aliphatic rings. The molecule has 0 aliphatic carbocycles. The number of fused-ring (bicyclic) bond motifs is 1. The minimum atomic E-state index is 0.575. The first kappa shape index (κ1) is 11.6. The predicted octanol–water partition coefficient (Wildman–Crippen LogP) is 1.49. The van der Waals surface area contributed by atoms with Gasteiger partial charge in [0.1, 0.15) is 5.52 Å². The summed E-state index contributed by atoms with van der Waals surface area (Å²) in [6, 6.07) is 0. The van der Waals surface area contributed by atoms with Crippen LogP contribution in [-0.2, 0) is 0 Å². The molecule has 0 aliphatic heterocycles. The van der Waals surface area contributed by atoms with Gasteiger partial charge in [-0.15, -0.1) is 0 Å². The smallest absolute Gasteiger partial charge is 0.226 e. The molecule has 0 amide bonds. The number of hydrogen-bond acceptors (Lipinski definition) is 5. The van der Waals surface area contributed by atoms with Crippen molar-refractivity contribution < 1.29 is 0 Å². The van der Waals surface area contributed by atoms with Crippen LogP contribution < -0.4 is 10.2 Å². The van der Waals surface area contributed by atoms with Gasteiger partial charge in [-0.05, 0) is 5.92 Å². The summed E-state index contributed by atoms with van der Waals surface area (Å²) < 4.78 is 0. The lowest BCUT2D eigenvalue weighted by molar-refractivity contribution is 0.635. The summed E-state index contributed by atoms with van der Waals surface area (Å²) in [4.78, 5) is 18.1. The van der Waals surface area contributed by atoms with E-state index < -0.39 is 0 Å². The molecule has 6 heteroatoms. The van der Waals surface area contributed by atoms with Gasteiger partial charge >= 0.3 is 0 Å². The first-order valence-corrected chi connectivity index (χ1v) is 5.71. The quantitative estimate of drug-likeness (QED) is 0.838. The SMILES string of the molecule is CNc1nc(N(C)CC(C)C)c2[nH]cnc2n1. The zero-order valence-electron chi connectivity index (χ0n) is 10.7. The number of hydrogen-bond donors (Lipinski definition) is 2. The van der Waals surface area contributed by atoms with Crippen LogP contribution in [0.1, 0.15) is 13.8 Å². The van der Waals surface area contributed by atoms with Crippen LogP contribution in [0.5, 0.6) is 0 Å². The van der Waals surface area contributed by atoms with Crippen LogP contribution >= 0.6 is 0 Å². The Balaban J connectivity index is 2.46. The third kappa shape index (κ3) is 2.30. The van der Waals surface area contributed by atoms with Crippen molar-refractivity contribution in [2.45, 2.75) is 13.8 Å². The van der Waals surface area contributed by atoms with Gasteiger partial charge in [-0.1, -0.05) is 13.8 Å². The highest BCUT2D eigenvalue weighted by Crippen LogP contribution is 2.22. The molecule has 2 aromatic heterocycles. The number of rotatable bonds is 4. The Morgan fingerprint density at radius 3 is 2.82 bits per heavy atom. The van der Waals surface area contributed by atoms with Crippen molar-refractivity contribution >= 4 is 22.9 Å². The third-order valence-electron chi connectivity index (χ3n) is 2.49. The summed E-state index contributed by atoms with van der Waals surface area (Å²) in [7, 11) is 3.84. The molecule has 6 nitrogen and oxygen atoms in total. The maximum atomic E-state index is 4.48. The fourth-order valence-electron chi connectivity index (χ4n) is 1.84. The van der Waals surface area contributed by atoms with Crippen LogP contribution in [0, 0.1) is 5.92 Å². The maximum absolute atomic E-state index is 4.48. The van der Waals surface area contributed by atoms with Crippen molar-refractivity contribution in [2.75, 3.05) is 30.9 Å². The molecule has 2 N–H and O–H groups in total. The number of anilines is 2. The lowest BCUT2D eigenvalue weighted by Crippen LogP contribution is -2.24. The van der Waals surface area contributed by atoms with Crippen LogP contribution in [0.25, 0.3) is 11.2 Å². The fraction of sp³-hybridized carbons (Fsp3) is 0.545. The number of aromatic nitrogens is 4. The lowest BCUT2D eigenvalue weighted by Gasteiger charge is -2.21. The number of imidazole rings is 1. The molecule has 0 aromatic carbocycles. The average molecular weight is 234 g/mol. The number of aromatic amines is 1. The minimum absolute atomic E-state index is 0.575. The van der Waals surface area contributed by atoms with E-state index in [1.807, 2.05) is 7.05 Å². The summed E-state index contributed by atoms with van der Waals surface area (Å²) in [6.07, 6.45) is 1.64. The van der Waals surface area contributed by atoms with Crippen molar-refractivity contribution in [3.8, 4) is 0 Å². The Morgan fingerprint density at radius 1 is 1.41 bits per heavy atom. The average Bonchev–Trinajstić information content (AvgIpc) is 2.74. The summed E-state index contributed by atoms with van der Waals surface area (Å²) in [6.45, 7) is 5.30. The molecule has 0 fully saturated rings. The standard InChI is InChI=1S/C11H18N6/c1-7(2)5-17(4)10-8-9(14-6-13-8)15-11(12-3)16-10/h6-7H,5H2,1-4H3,(H2,12,13,14,15,16). The number of H-pyrrole nitrogens is 1. The van der Waals surface area contributed by atoms with Gasteiger partial charge in [0.15, 0.2) is 11.5 Å². The van der Waals surface area contributed by atoms with E-state index in [9.17, 15) is 0 Å². The van der Waals surface area contributed by atoms with Gasteiger partial charge in [0.2, 0.25) is 5.95 Å². The first-order valence-electron chi connectivity index (χ1n) is 5.71. The molecule has 0 bridgehead atoms. The van der Waals surface area contributed by atoms with Crippen LogP contribution in [0.15, 0.2) is 6.33 Å². The van der Waals surface area contributed by atoms with E-state index in [1.165, 1.54) is 0 Å². The molecule has 2 rings (SSSR count). The molecule has 17 heavy (non-hydrogen) atoms. The van der Waals surface area contributed by atoms with Crippen LogP contribution in [0.2, 0.25) is 0 Å². The molecule has 0 saturated heterocycles. The first-order chi connectivity index (χ1) is 8.11. The molecular formula is C11H18N6. The molecular weight excluding hydrogens is 216 g/mol. The second-order valence-electron chi connectivity index (χ2n) is 4.50. The highest BCUT2D eigenvalue weighted by Gasteiger charge is 2.13. The Bertz CT molecular complexity index is 504. The normalized spacial score (nSPS) is 11.1. The molecule has 0 radical (unpaired) electrons. The Kier molecular flexibility index (Phi) is 3.12. The summed E-state index contributed by atoms with van der Waals surface area (Å²) in [5, 5.41) is 2.95. The molecule has 0 saturated carbocycles. The largest absolute Gasteiger partial charge is 0.357 e. The molecule has 0 atom stereocenters. The van der Waals surface area contributed by atoms with Crippen molar-refractivity contribution in [1.29, 1.82) is 0 Å². The predicted molar refractivity (Wildman–Crippen MR) is 69.3 cm³/mol. The van der Waals surface area contributed by atoms with Gasteiger partial charge in [-0.2, -0.15) is 9.97 Å². The van der Waals surface area contributed by atoms with Crippen LogP contribution in [0.3, 0.4) is 0 Å². The lowest BCUT2D eigenvalue weighted by atomic mass is 10.2. The number of nitrogens with zero attached hydrogens (tertiary/aromatic N) is 4. The minimum Gasteiger partial charge on any atom is -0.357 e. The van der Waals surface area contributed by atoms with Crippen LogP contribution in [-0.4, -0.2) is 40.6 Å². The summed E-state index contributed by atoms with van der Waals surface area (Å²) in [5.74, 6) is 2.05. The van der Waals surface area contributed by atoms with Crippen molar-refractivity contribution in [3.05, 3.63) is 6.33 Å². The molecule has 2 aromatic rings. The highest BCUT2D eigenvalue weighted by molar-refractivity contribution is 5.84. The number of nitrogens with one attached hydrogen (secondary N) is 2. The Morgan fingerprint density at radius 2 is 2.18 bits per heavy atom. The fourth-order valence-corrected chi connectivity index (χ4v) is 1.84. The molecule has 92 valence electrons. The van der Waals surface area contributed by atoms with Gasteiger partial charge in [0.05, 0.1) is 6.33 Å². The van der Waals surface area contributed by atoms with E-state index in [1.54, 1.807) is 13.4 Å². The van der Waals surface area contributed by atoms with Crippen LogP contribution in [0.4, 0.5) is 11.8 Å². The maximum Gasteiger partial charge on any atom is 0.226 e. The van der Waals surface area contributed by atoms with E-state index in [2.05, 4.69) is 44.0 Å². The van der Waals surface area contributed by atoms with Gasteiger partial charge in [-0.25, -0.2) is 4.98 Å². The Hall–Kier alpha value is -1.85.